The van der Waals surface area contributed by atoms with E-state index in [1.807, 2.05) is 13.8 Å². The van der Waals surface area contributed by atoms with Crippen LogP contribution >= 0.6 is 0 Å². The molecular formula is C14H22O6. The van der Waals surface area contributed by atoms with Crippen molar-refractivity contribution in [3.63, 3.8) is 0 Å². The van der Waals surface area contributed by atoms with Gasteiger partial charge in [0.15, 0.2) is 0 Å². The van der Waals surface area contributed by atoms with Gasteiger partial charge in [-0.05, 0) is 18.9 Å². The van der Waals surface area contributed by atoms with E-state index in [0.29, 0.717) is 0 Å². The zero-order chi connectivity index (χ0) is 15.3. The molecule has 3 atom stereocenters. The Morgan fingerprint density at radius 1 is 1.40 bits per heavy atom. The Hall–Kier alpha value is -1.40. The van der Waals surface area contributed by atoms with Crippen molar-refractivity contribution < 1.29 is 29.3 Å². The van der Waals surface area contributed by atoms with Crippen LogP contribution in [0.15, 0.2) is 11.6 Å². The van der Waals surface area contributed by atoms with E-state index in [2.05, 4.69) is 0 Å². The third-order valence-corrected chi connectivity index (χ3v) is 3.36. The first-order valence-corrected chi connectivity index (χ1v) is 6.83. The number of esters is 1. The van der Waals surface area contributed by atoms with Gasteiger partial charge >= 0.3 is 11.9 Å². The molecule has 1 rings (SSSR count). The van der Waals surface area contributed by atoms with Gasteiger partial charge in [0.2, 0.25) is 0 Å². The van der Waals surface area contributed by atoms with Crippen molar-refractivity contribution in [2.75, 3.05) is 0 Å². The second-order valence-corrected chi connectivity index (χ2v) is 4.88. The van der Waals surface area contributed by atoms with Crippen LogP contribution in [0.1, 0.15) is 40.0 Å². The van der Waals surface area contributed by atoms with Crippen LogP contribution in [-0.2, 0) is 19.1 Å². The molecule has 114 valence electrons. The highest BCUT2D eigenvalue weighted by Gasteiger charge is 2.37. The Labute approximate surface area is 118 Å². The molecule has 0 fully saturated rings. The van der Waals surface area contributed by atoms with E-state index in [-0.39, 0.29) is 18.1 Å². The lowest BCUT2D eigenvalue weighted by atomic mass is 9.91. The largest absolute Gasteiger partial charge is 0.478 e. The van der Waals surface area contributed by atoms with Crippen molar-refractivity contribution in [3.05, 3.63) is 11.6 Å². The Kier molecular flexibility index (Phi) is 6.16. The van der Waals surface area contributed by atoms with Crippen LogP contribution in [-0.4, -0.2) is 46.6 Å². The fraction of sp³-hybridized carbons (Fsp3) is 0.714. The van der Waals surface area contributed by atoms with Crippen molar-refractivity contribution >= 4 is 11.9 Å². The molecule has 0 bridgehead atoms. The molecule has 1 aliphatic rings. The number of carbonyl (C=O) groups excluding carboxylic acids is 1. The molecule has 0 spiro atoms. The molecule has 20 heavy (non-hydrogen) atoms. The van der Waals surface area contributed by atoms with Gasteiger partial charge in [-0.25, -0.2) is 4.79 Å². The predicted octanol–water partition coefficient (Wildman–Crippen LogP) is 1.27. The van der Waals surface area contributed by atoms with Crippen LogP contribution in [0.25, 0.3) is 0 Å². The van der Waals surface area contributed by atoms with Gasteiger partial charge in [0, 0.05) is 18.9 Å². The lowest BCUT2D eigenvalue weighted by Crippen LogP contribution is -2.45. The number of aliphatic hydroxyl groups is 1. The summed E-state index contributed by atoms with van der Waals surface area (Å²) in [4.78, 5) is 22.2. The first-order valence-electron chi connectivity index (χ1n) is 6.83. The molecule has 0 aromatic rings. The number of rotatable bonds is 6. The van der Waals surface area contributed by atoms with Gasteiger partial charge in [0.25, 0.3) is 0 Å². The highest BCUT2D eigenvalue weighted by atomic mass is 16.6. The summed E-state index contributed by atoms with van der Waals surface area (Å²) in [6, 6.07) is 0. The Morgan fingerprint density at radius 3 is 2.45 bits per heavy atom. The maximum absolute atomic E-state index is 11.1. The number of ether oxygens (including phenoxy) is 2. The molecule has 6 nitrogen and oxygen atoms in total. The minimum absolute atomic E-state index is 0.0150. The van der Waals surface area contributed by atoms with Crippen molar-refractivity contribution in [1.82, 2.24) is 0 Å². The quantitative estimate of drug-likeness (QED) is 0.714. The summed E-state index contributed by atoms with van der Waals surface area (Å²) < 4.78 is 10.7. The summed E-state index contributed by atoms with van der Waals surface area (Å²) in [6.07, 6.45) is 0.124. The van der Waals surface area contributed by atoms with E-state index in [9.17, 15) is 14.7 Å². The van der Waals surface area contributed by atoms with Gasteiger partial charge in [-0.15, -0.1) is 0 Å². The van der Waals surface area contributed by atoms with E-state index >= 15 is 0 Å². The van der Waals surface area contributed by atoms with E-state index in [0.717, 1.165) is 12.8 Å². The van der Waals surface area contributed by atoms with Crippen LogP contribution in [0.4, 0.5) is 0 Å². The van der Waals surface area contributed by atoms with Gasteiger partial charge in [-0.2, -0.15) is 0 Å². The van der Waals surface area contributed by atoms with E-state index in [1.54, 1.807) is 0 Å². The summed E-state index contributed by atoms with van der Waals surface area (Å²) in [7, 11) is 0. The highest BCUT2D eigenvalue weighted by Crippen LogP contribution is 2.26. The number of aliphatic carboxylic acids is 1. The molecule has 0 radical (unpaired) electrons. The fourth-order valence-corrected chi connectivity index (χ4v) is 2.22. The molecule has 0 aromatic heterocycles. The average molecular weight is 286 g/mol. The SMILES string of the molecule is CCC(CC)O[C@H]1C=C(C(=O)O)C[C@H](OC(C)=O)C1O. The molecule has 1 aliphatic carbocycles. The summed E-state index contributed by atoms with van der Waals surface area (Å²) >= 11 is 0. The molecule has 0 aromatic carbocycles. The number of hydrogen-bond donors (Lipinski definition) is 2. The minimum atomic E-state index is -1.09. The van der Waals surface area contributed by atoms with E-state index < -0.39 is 30.3 Å². The monoisotopic (exact) mass is 286 g/mol. The highest BCUT2D eigenvalue weighted by molar-refractivity contribution is 5.87. The summed E-state index contributed by atoms with van der Waals surface area (Å²) in [5.74, 6) is -1.64. The van der Waals surface area contributed by atoms with Gasteiger partial charge < -0.3 is 19.7 Å². The lowest BCUT2D eigenvalue weighted by molar-refractivity contribution is -0.162. The van der Waals surface area contributed by atoms with Crippen LogP contribution < -0.4 is 0 Å². The maximum atomic E-state index is 11.1. The number of carbonyl (C=O) groups is 2. The standard InChI is InChI=1S/C14H22O6/c1-4-10(5-2)20-12-7-9(14(17)18)6-11(13(12)16)19-8(3)15/h7,10-13,16H,4-6H2,1-3H3,(H,17,18)/t11-,12-,13?/m0/s1. The number of carboxylic acids is 1. The molecule has 0 saturated heterocycles. The molecule has 1 unspecified atom stereocenters. The van der Waals surface area contributed by atoms with Gasteiger partial charge in [0.05, 0.1) is 6.10 Å². The molecule has 0 heterocycles. The van der Waals surface area contributed by atoms with E-state index in [4.69, 9.17) is 14.6 Å². The molecule has 0 saturated carbocycles. The zero-order valence-corrected chi connectivity index (χ0v) is 12.0. The molecule has 2 N–H and O–H groups in total. The van der Waals surface area contributed by atoms with Crippen molar-refractivity contribution in [2.45, 2.75) is 64.4 Å². The smallest absolute Gasteiger partial charge is 0.331 e. The number of carboxylic acid groups (broad SMARTS) is 1. The first-order chi connectivity index (χ1) is 9.38. The van der Waals surface area contributed by atoms with E-state index in [1.165, 1.54) is 13.0 Å². The number of hydrogen-bond acceptors (Lipinski definition) is 5. The Balaban J connectivity index is 2.90. The number of aliphatic hydroxyl groups excluding tert-OH is 1. The summed E-state index contributed by atoms with van der Waals surface area (Å²) in [5.41, 5.74) is 0.0949. The third kappa shape index (κ3) is 4.31. The topological polar surface area (TPSA) is 93.1 Å². The first kappa shape index (κ1) is 16.7. The summed E-state index contributed by atoms with van der Waals surface area (Å²) in [5, 5.41) is 19.3. The normalized spacial score (nSPS) is 26.2. The minimum Gasteiger partial charge on any atom is -0.478 e. The van der Waals surface area contributed by atoms with Crippen LogP contribution in [0, 0.1) is 0 Å². The van der Waals surface area contributed by atoms with Crippen LogP contribution in [0.3, 0.4) is 0 Å². The molecule has 6 heteroatoms. The van der Waals surface area contributed by atoms with Gasteiger partial charge in [-0.3, -0.25) is 4.79 Å². The molecule has 0 aliphatic heterocycles. The molecule has 0 amide bonds. The second-order valence-electron chi connectivity index (χ2n) is 4.88. The third-order valence-electron chi connectivity index (χ3n) is 3.36. The Bertz CT molecular complexity index is 385. The second kappa shape index (κ2) is 7.40. The fourth-order valence-electron chi connectivity index (χ4n) is 2.22. The Morgan fingerprint density at radius 2 is 2.00 bits per heavy atom. The van der Waals surface area contributed by atoms with Gasteiger partial charge in [0.1, 0.15) is 18.3 Å². The zero-order valence-electron chi connectivity index (χ0n) is 12.0. The maximum Gasteiger partial charge on any atom is 0.331 e. The van der Waals surface area contributed by atoms with Crippen molar-refractivity contribution in [1.29, 1.82) is 0 Å². The summed E-state index contributed by atoms with van der Waals surface area (Å²) in [6.45, 7) is 5.13. The predicted molar refractivity (Wildman–Crippen MR) is 71.1 cm³/mol. The van der Waals surface area contributed by atoms with Gasteiger partial charge in [-0.1, -0.05) is 13.8 Å². The van der Waals surface area contributed by atoms with Crippen molar-refractivity contribution in [3.8, 4) is 0 Å². The lowest BCUT2D eigenvalue weighted by Gasteiger charge is -2.34. The van der Waals surface area contributed by atoms with Crippen LogP contribution in [0.2, 0.25) is 0 Å². The van der Waals surface area contributed by atoms with Crippen LogP contribution in [0.5, 0.6) is 0 Å². The van der Waals surface area contributed by atoms with Crippen molar-refractivity contribution in [2.24, 2.45) is 0 Å². The average Bonchev–Trinajstić information content (AvgIpc) is 2.38. The molecular weight excluding hydrogens is 264 g/mol.